The van der Waals surface area contributed by atoms with E-state index in [0.717, 1.165) is 39.7 Å². The first kappa shape index (κ1) is 21.3. The van der Waals surface area contributed by atoms with Crippen molar-refractivity contribution in [3.05, 3.63) is 63.8 Å². The van der Waals surface area contributed by atoms with Gasteiger partial charge in [0.05, 0.1) is 23.1 Å². The summed E-state index contributed by atoms with van der Waals surface area (Å²) in [7, 11) is 0. The second-order valence-electron chi connectivity index (χ2n) is 7.28. The summed E-state index contributed by atoms with van der Waals surface area (Å²) in [6.07, 6.45) is 0.699. The fourth-order valence-electron chi connectivity index (χ4n) is 3.29. The van der Waals surface area contributed by atoms with Crippen LogP contribution in [-0.4, -0.2) is 26.7 Å². The summed E-state index contributed by atoms with van der Waals surface area (Å²) in [6.45, 7) is 7.77. The van der Waals surface area contributed by atoms with Crippen LogP contribution in [0.3, 0.4) is 0 Å². The van der Waals surface area contributed by atoms with Gasteiger partial charge in [-0.15, -0.1) is 0 Å². The molecule has 3 rings (SSSR count). The number of phenols is 1. The number of esters is 1. The van der Waals surface area contributed by atoms with E-state index >= 15 is 0 Å². The molecule has 152 valence electrons. The molecular formula is C23H24ClNO3S. The van der Waals surface area contributed by atoms with Crippen molar-refractivity contribution in [3.8, 4) is 5.75 Å². The van der Waals surface area contributed by atoms with E-state index in [1.165, 1.54) is 0 Å². The van der Waals surface area contributed by atoms with E-state index in [1.54, 1.807) is 12.1 Å². The van der Waals surface area contributed by atoms with Gasteiger partial charge in [-0.1, -0.05) is 60.6 Å². The van der Waals surface area contributed by atoms with Gasteiger partial charge in [0.15, 0.2) is 0 Å². The average Bonchev–Trinajstić information content (AvgIpc) is 2.93. The molecule has 0 aliphatic carbocycles. The van der Waals surface area contributed by atoms with Crippen molar-refractivity contribution in [2.24, 2.45) is 0 Å². The van der Waals surface area contributed by atoms with Gasteiger partial charge in [0.2, 0.25) is 0 Å². The van der Waals surface area contributed by atoms with Crippen molar-refractivity contribution in [3.63, 3.8) is 0 Å². The van der Waals surface area contributed by atoms with E-state index in [-0.39, 0.29) is 29.3 Å². The highest BCUT2D eigenvalue weighted by Gasteiger charge is 2.22. The summed E-state index contributed by atoms with van der Waals surface area (Å²) in [5, 5.41) is 11.1. The molecule has 0 fully saturated rings. The third-order valence-electron chi connectivity index (χ3n) is 5.13. The number of aromatic hydroxyl groups is 1. The van der Waals surface area contributed by atoms with Crippen LogP contribution in [0.5, 0.6) is 5.75 Å². The SMILES string of the molecule is CCC(C)OC(=O)Cc1c(C)n(C(=S)c2ccc(C)cc2)c2cc(Cl)c(O)cc12. The number of nitrogens with zero attached hydrogens (tertiary/aromatic N) is 1. The molecule has 1 unspecified atom stereocenters. The standard InChI is InChI=1S/C23H24ClNO3S/c1-5-14(3)28-22(27)11-17-15(4)25(20-12-19(24)21(26)10-18(17)20)23(29)16-8-6-13(2)7-9-16/h6-10,12,14,26H,5,11H2,1-4H3. The highest BCUT2D eigenvalue weighted by atomic mass is 35.5. The molecule has 0 aliphatic heterocycles. The van der Waals surface area contributed by atoms with Gasteiger partial charge in [-0.3, -0.25) is 4.79 Å². The Morgan fingerprint density at radius 1 is 1.24 bits per heavy atom. The minimum Gasteiger partial charge on any atom is -0.506 e. The maximum Gasteiger partial charge on any atom is 0.310 e. The number of thiocarbonyl (C=S) groups is 1. The molecular weight excluding hydrogens is 406 g/mol. The fourth-order valence-corrected chi connectivity index (χ4v) is 3.82. The van der Waals surface area contributed by atoms with E-state index in [9.17, 15) is 9.90 Å². The minimum absolute atomic E-state index is 0.0332. The quantitative estimate of drug-likeness (QED) is 0.416. The zero-order chi connectivity index (χ0) is 21.3. The predicted octanol–water partition coefficient (Wildman–Crippen LogP) is 5.73. The Kier molecular flexibility index (Phi) is 6.30. The second-order valence-corrected chi connectivity index (χ2v) is 8.07. The molecule has 0 spiro atoms. The van der Waals surface area contributed by atoms with Gasteiger partial charge < -0.3 is 14.4 Å². The number of ether oxygens (including phenoxy) is 1. The van der Waals surface area contributed by atoms with E-state index in [2.05, 4.69) is 0 Å². The maximum atomic E-state index is 12.5. The van der Waals surface area contributed by atoms with Crippen molar-refractivity contribution >= 4 is 45.7 Å². The lowest BCUT2D eigenvalue weighted by molar-refractivity contribution is -0.147. The Morgan fingerprint density at radius 3 is 2.52 bits per heavy atom. The van der Waals surface area contributed by atoms with Gasteiger partial charge >= 0.3 is 5.97 Å². The molecule has 29 heavy (non-hydrogen) atoms. The van der Waals surface area contributed by atoms with Gasteiger partial charge in [-0.25, -0.2) is 0 Å². The van der Waals surface area contributed by atoms with Crippen LogP contribution in [-0.2, 0) is 16.0 Å². The van der Waals surface area contributed by atoms with Crippen molar-refractivity contribution in [1.82, 2.24) is 4.57 Å². The van der Waals surface area contributed by atoms with Crippen LogP contribution in [0.25, 0.3) is 10.9 Å². The summed E-state index contributed by atoms with van der Waals surface area (Å²) in [6, 6.07) is 11.2. The number of rotatable bonds is 5. The number of fused-ring (bicyclic) bond motifs is 1. The first-order chi connectivity index (χ1) is 13.7. The van der Waals surface area contributed by atoms with E-state index < -0.39 is 0 Å². The molecule has 3 aromatic rings. The second kappa shape index (κ2) is 8.56. The number of carbonyl (C=O) groups is 1. The number of aryl methyl sites for hydroxylation is 1. The lowest BCUT2D eigenvalue weighted by Crippen LogP contribution is -2.17. The molecule has 1 N–H and O–H groups in total. The van der Waals surface area contributed by atoms with Crippen LogP contribution in [0, 0.1) is 13.8 Å². The first-order valence-electron chi connectivity index (χ1n) is 9.56. The molecule has 4 nitrogen and oxygen atoms in total. The van der Waals surface area contributed by atoms with Crippen molar-refractivity contribution in [2.45, 2.75) is 46.6 Å². The summed E-state index contributed by atoms with van der Waals surface area (Å²) < 4.78 is 7.37. The third-order valence-corrected chi connectivity index (χ3v) is 5.85. The molecule has 0 aliphatic rings. The van der Waals surface area contributed by atoms with Crippen LogP contribution >= 0.6 is 23.8 Å². The van der Waals surface area contributed by atoms with Crippen LogP contribution in [0.15, 0.2) is 36.4 Å². The Morgan fingerprint density at radius 2 is 1.90 bits per heavy atom. The minimum atomic E-state index is -0.308. The number of aromatic nitrogens is 1. The summed E-state index contributed by atoms with van der Waals surface area (Å²) in [5.41, 5.74) is 4.39. The third kappa shape index (κ3) is 4.31. The normalized spacial score (nSPS) is 12.2. The van der Waals surface area contributed by atoms with Gasteiger partial charge in [0, 0.05) is 16.6 Å². The van der Waals surface area contributed by atoms with Crippen LogP contribution in [0.2, 0.25) is 5.02 Å². The number of phenolic OH excluding ortho intramolecular Hbond substituents is 1. The van der Waals surface area contributed by atoms with Crippen LogP contribution < -0.4 is 0 Å². The van der Waals surface area contributed by atoms with Gasteiger partial charge in [0.1, 0.15) is 10.7 Å². The largest absolute Gasteiger partial charge is 0.506 e. The number of carbonyl (C=O) groups excluding carboxylic acids is 1. The number of hydrogen-bond donors (Lipinski definition) is 1. The molecule has 2 aromatic carbocycles. The highest BCUT2D eigenvalue weighted by molar-refractivity contribution is 7.80. The van der Waals surface area contributed by atoms with E-state index in [4.69, 9.17) is 28.6 Å². The van der Waals surface area contributed by atoms with E-state index in [0.29, 0.717) is 4.99 Å². The molecule has 1 aromatic heterocycles. The zero-order valence-corrected chi connectivity index (χ0v) is 18.5. The average molecular weight is 430 g/mol. The molecule has 0 saturated carbocycles. The smallest absolute Gasteiger partial charge is 0.310 e. The highest BCUT2D eigenvalue weighted by Crippen LogP contribution is 2.35. The van der Waals surface area contributed by atoms with Crippen molar-refractivity contribution < 1.29 is 14.6 Å². The monoisotopic (exact) mass is 429 g/mol. The predicted molar refractivity (Wildman–Crippen MR) is 121 cm³/mol. The molecule has 0 radical (unpaired) electrons. The van der Waals surface area contributed by atoms with Gasteiger partial charge in [-0.2, -0.15) is 0 Å². The molecule has 0 amide bonds. The number of benzene rings is 2. The summed E-state index contributed by atoms with van der Waals surface area (Å²) in [4.78, 5) is 13.1. The van der Waals surface area contributed by atoms with Gasteiger partial charge in [0.25, 0.3) is 0 Å². The van der Waals surface area contributed by atoms with Crippen LogP contribution in [0.4, 0.5) is 0 Å². The molecule has 0 saturated heterocycles. The fraction of sp³-hybridized carbons (Fsp3) is 0.304. The summed E-state index contributed by atoms with van der Waals surface area (Å²) in [5.74, 6) is -0.341. The first-order valence-corrected chi connectivity index (χ1v) is 10.3. The van der Waals surface area contributed by atoms with E-state index in [1.807, 2.05) is 56.5 Å². The Bertz CT molecular complexity index is 1090. The molecule has 1 atom stereocenters. The number of halogens is 1. The molecule has 1 heterocycles. The Labute approximate surface area is 181 Å². The van der Waals surface area contributed by atoms with Crippen molar-refractivity contribution in [1.29, 1.82) is 0 Å². The van der Waals surface area contributed by atoms with Crippen molar-refractivity contribution in [2.75, 3.05) is 0 Å². The Hall–Kier alpha value is -2.37. The molecule has 0 bridgehead atoms. The zero-order valence-electron chi connectivity index (χ0n) is 17.0. The van der Waals surface area contributed by atoms with Crippen LogP contribution in [0.1, 0.15) is 42.7 Å². The lowest BCUT2D eigenvalue weighted by atomic mass is 10.1. The Balaban J connectivity index is 2.13. The maximum absolute atomic E-state index is 12.5. The lowest BCUT2D eigenvalue weighted by Gasteiger charge is -2.12. The summed E-state index contributed by atoms with van der Waals surface area (Å²) >= 11 is 12.0. The topological polar surface area (TPSA) is 51.5 Å². The number of hydrogen-bond acceptors (Lipinski definition) is 4. The van der Waals surface area contributed by atoms with Gasteiger partial charge in [-0.05, 0) is 44.9 Å². The molecule has 6 heteroatoms.